The van der Waals surface area contributed by atoms with Crippen molar-refractivity contribution in [2.75, 3.05) is 27.2 Å². The van der Waals surface area contributed by atoms with Crippen molar-refractivity contribution >= 4 is 22.5 Å². The lowest BCUT2D eigenvalue weighted by Crippen LogP contribution is -2.26. The Kier molecular flexibility index (Phi) is 5.79. The normalized spacial score (nSPS) is 16.2. The zero-order valence-electron chi connectivity index (χ0n) is 21.2. The van der Waals surface area contributed by atoms with Gasteiger partial charge in [-0.25, -0.2) is 14.1 Å². The van der Waals surface area contributed by atoms with Crippen LogP contribution in [0, 0.1) is 12.7 Å². The van der Waals surface area contributed by atoms with E-state index in [1.165, 1.54) is 11.6 Å². The Hall–Kier alpha value is -3.98. The molecule has 4 aromatic rings. The standard InChI is InChI=1S/C28H29FN6O2/c1-17-10-23(29)22(28(36)32-19-4-5-19)12-25(17)35-15-20(14-31-35)34-16-30-24-13-27(37-3)21(11-26(24)34)18-6-8-33(2)9-7-18/h6,10-16,19H,4-5,7-9H2,1-3H3,(H,32,36). The molecule has 2 aliphatic rings. The lowest BCUT2D eigenvalue weighted by atomic mass is 9.98. The molecule has 1 saturated carbocycles. The van der Waals surface area contributed by atoms with E-state index >= 15 is 0 Å². The number of likely N-dealkylation sites (N-methyl/N-ethyl adjacent to an activating group) is 1. The van der Waals surface area contributed by atoms with E-state index in [1.807, 2.05) is 23.8 Å². The van der Waals surface area contributed by atoms with Gasteiger partial charge < -0.3 is 15.0 Å². The summed E-state index contributed by atoms with van der Waals surface area (Å²) < 4.78 is 24.0. The molecular formula is C28H29FN6O2. The van der Waals surface area contributed by atoms with E-state index in [2.05, 4.69) is 39.5 Å². The van der Waals surface area contributed by atoms with Crippen molar-refractivity contribution in [2.24, 2.45) is 0 Å². The highest BCUT2D eigenvalue weighted by atomic mass is 19.1. The molecule has 2 aromatic carbocycles. The first-order valence-electron chi connectivity index (χ1n) is 12.5. The van der Waals surface area contributed by atoms with Crippen molar-refractivity contribution < 1.29 is 13.9 Å². The zero-order chi connectivity index (χ0) is 25.7. The molecule has 0 saturated heterocycles. The molecule has 9 heteroatoms. The quantitative estimate of drug-likeness (QED) is 0.428. The van der Waals surface area contributed by atoms with E-state index in [-0.39, 0.29) is 17.5 Å². The summed E-state index contributed by atoms with van der Waals surface area (Å²) in [5, 5.41) is 7.40. The highest BCUT2D eigenvalue weighted by Crippen LogP contribution is 2.34. The van der Waals surface area contributed by atoms with E-state index < -0.39 is 5.82 Å². The molecule has 1 aliphatic carbocycles. The van der Waals surface area contributed by atoms with Crippen LogP contribution in [0.25, 0.3) is 28.0 Å². The summed E-state index contributed by atoms with van der Waals surface area (Å²) in [5.74, 6) is -0.112. The Morgan fingerprint density at radius 2 is 2.05 bits per heavy atom. The van der Waals surface area contributed by atoms with Crippen LogP contribution in [0.1, 0.15) is 40.7 Å². The first-order chi connectivity index (χ1) is 17.9. The predicted octanol–water partition coefficient (Wildman–Crippen LogP) is 4.28. The first kappa shape index (κ1) is 23.4. The number of fused-ring (bicyclic) bond motifs is 1. The van der Waals surface area contributed by atoms with Gasteiger partial charge in [0, 0.05) is 30.8 Å². The largest absolute Gasteiger partial charge is 0.496 e. The summed E-state index contributed by atoms with van der Waals surface area (Å²) in [4.78, 5) is 19.5. The minimum atomic E-state index is -0.530. The summed E-state index contributed by atoms with van der Waals surface area (Å²) in [6.07, 6.45) is 10.5. The average molecular weight is 501 g/mol. The van der Waals surface area contributed by atoms with Gasteiger partial charge in [0.25, 0.3) is 5.91 Å². The van der Waals surface area contributed by atoms with Crippen molar-refractivity contribution in [3.63, 3.8) is 0 Å². The third-order valence-electron chi connectivity index (χ3n) is 7.16. The third kappa shape index (κ3) is 4.40. The summed E-state index contributed by atoms with van der Waals surface area (Å²) >= 11 is 0. The molecule has 3 heterocycles. The van der Waals surface area contributed by atoms with Crippen molar-refractivity contribution in [1.82, 2.24) is 29.5 Å². The zero-order valence-corrected chi connectivity index (χ0v) is 21.2. The second-order valence-corrected chi connectivity index (χ2v) is 9.91. The number of nitrogens with zero attached hydrogens (tertiary/aromatic N) is 5. The monoisotopic (exact) mass is 500 g/mol. The molecular weight excluding hydrogens is 471 g/mol. The van der Waals surface area contributed by atoms with Crippen LogP contribution in [0.5, 0.6) is 5.75 Å². The fourth-order valence-electron chi connectivity index (χ4n) is 4.82. The van der Waals surface area contributed by atoms with Gasteiger partial charge in [-0.1, -0.05) is 6.08 Å². The summed E-state index contributed by atoms with van der Waals surface area (Å²) in [6, 6.07) is 7.20. The molecule has 190 valence electrons. The Morgan fingerprint density at radius 3 is 2.78 bits per heavy atom. The number of hydrogen-bond acceptors (Lipinski definition) is 5. The molecule has 1 N–H and O–H groups in total. The SMILES string of the molecule is COc1cc2ncn(-c3cnn(-c4cc(C(=O)NC5CC5)c(F)cc4C)c3)c2cc1C1=CCN(C)CC1. The number of nitrogens with one attached hydrogen (secondary N) is 1. The van der Waals surface area contributed by atoms with Gasteiger partial charge in [-0.15, -0.1) is 0 Å². The summed E-state index contributed by atoms with van der Waals surface area (Å²) in [7, 11) is 3.80. The second-order valence-electron chi connectivity index (χ2n) is 9.91. The van der Waals surface area contributed by atoms with E-state index in [0.717, 1.165) is 60.4 Å². The fourth-order valence-corrected chi connectivity index (χ4v) is 4.82. The number of hydrogen-bond donors (Lipinski definition) is 1. The molecule has 0 radical (unpaired) electrons. The number of ether oxygens (including phenoxy) is 1. The summed E-state index contributed by atoms with van der Waals surface area (Å²) in [5.41, 5.74) is 6.26. The lowest BCUT2D eigenvalue weighted by Gasteiger charge is -2.23. The lowest BCUT2D eigenvalue weighted by molar-refractivity contribution is 0.0947. The second kappa shape index (κ2) is 9.15. The van der Waals surface area contributed by atoms with E-state index in [0.29, 0.717) is 11.3 Å². The van der Waals surface area contributed by atoms with Gasteiger partial charge in [-0.3, -0.25) is 9.36 Å². The number of aryl methyl sites for hydroxylation is 1. The number of benzene rings is 2. The van der Waals surface area contributed by atoms with Gasteiger partial charge in [0.05, 0.1) is 47.5 Å². The smallest absolute Gasteiger partial charge is 0.254 e. The molecule has 8 nitrogen and oxygen atoms in total. The molecule has 6 rings (SSSR count). The van der Waals surface area contributed by atoms with Crippen LogP contribution in [0.15, 0.2) is 49.1 Å². The average Bonchev–Trinajstić information content (AvgIpc) is 3.40. The van der Waals surface area contributed by atoms with Crippen LogP contribution < -0.4 is 10.1 Å². The molecule has 0 spiro atoms. The topological polar surface area (TPSA) is 77.2 Å². The van der Waals surface area contributed by atoms with E-state index in [9.17, 15) is 9.18 Å². The van der Waals surface area contributed by atoms with Crippen molar-refractivity contribution in [1.29, 1.82) is 0 Å². The number of halogens is 1. The number of rotatable bonds is 6. The highest BCUT2D eigenvalue weighted by Gasteiger charge is 2.26. The maximum Gasteiger partial charge on any atom is 0.254 e. The van der Waals surface area contributed by atoms with Crippen LogP contribution in [0.4, 0.5) is 4.39 Å². The predicted molar refractivity (Wildman–Crippen MR) is 140 cm³/mol. The van der Waals surface area contributed by atoms with Gasteiger partial charge in [0.15, 0.2) is 0 Å². The van der Waals surface area contributed by atoms with Gasteiger partial charge in [0.1, 0.15) is 17.9 Å². The van der Waals surface area contributed by atoms with Crippen molar-refractivity contribution in [3.05, 3.63) is 71.6 Å². The van der Waals surface area contributed by atoms with Crippen LogP contribution in [-0.4, -0.2) is 63.4 Å². The van der Waals surface area contributed by atoms with Gasteiger partial charge in [-0.2, -0.15) is 5.10 Å². The molecule has 1 amide bonds. The first-order valence-corrected chi connectivity index (χ1v) is 12.5. The Balaban J connectivity index is 1.38. The van der Waals surface area contributed by atoms with Gasteiger partial charge >= 0.3 is 0 Å². The van der Waals surface area contributed by atoms with Crippen LogP contribution >= 0.6 is 0 Å². The summed E-state index contributed by atoms with van der Waals surface area (Å²) in [6.45, 7) is 3.71. The number of methoxy groups -OCH3 is 1. The molecule has 0 bridgehead atoms. The van der Waals surface area contributed by atoms with Crippen LogP contribution in [-0.2, 0) is 0 Å². The molecule has 1 fully saturated rings. The van der Waals surface area contributed by atoms with E-state index in [1.54, 1.807) is 30.4 Å². The Morgan fingerprint density at radius 1 is 1.22 bits per heavy atom. The van der Waals surface area contributed by atoms with Crippen molar-refractivity contribution in [2.45, 2.75) is 32.2 Å². The molecule has 2 aromatic heterocycles. The number of carbonyl (C=O) groups is 1. The number of amides is 1. The third-order valence-corrected chi connectivity index (χ3v) is 7.16. The molecule has 0 unspecified atom stereocenters. The molecule has 37 heavy (non-hydrogen) atoms. The Labute approximate surface area is 214 Å². The van der Waals surface area contributed by atoms with Crippen LogP contribution in [0.3, 0.4) is 0 Å². The number of aromatic nitrogens is 4. The minimum absolute atomic E-state index is 0.0285. The number of carbonyl (C=O) groups excluding carboxylic acids is 1. The van der Waals surface area contributed by atoms with Crippen molar-refractivity contribution in [3.8, 4) is 17.1 Å². The number of imidazole rings is 1. The minimum Gasteiger partial charge on any atom is -0.496 e. The maximum atomic E-state index is 14.6. The molecule has 0 atom stereocenters. The van der Waals surface area contributed by atoms with E-state index in [4.69, 9.17) is 4.74 Å². The fraction of sp³-hybridized carbons (Fsp3) is 0.321. The van der Waals surface area contributed by atoms with Gasteiger partial charge in [-0.05, 0) is 62.6 Å². The molecule has 1 aliphatic heterocycles. The van der Waals surface area contributed by atoms with Crippen LogP contribution in [0.2, 0.25) is 0 Å². The van der Waals surface area contributed by atoms with Gasteiger partial charge in [0.2, 0.25) is 0 Å². The maximum absolute atomic E-state index is 14.6. The Bertz CT molecular complexity index is 1550. The highest BCUT2D eigenvalue weighted by molar-refractivity contribution is 5.95.